The summed E-state index contributed by atoms with van der Waals surface area (Å²) in [6.45, 7) is 6.52. The summed E-state index contributed by atoms with van der Waals surface area (Å²) in [5.41, 5.74) is 0.168. The zero-order valence-electron chi connectivity index (χ0n) is 12.3. The molecule has 1 N–H and O–H groups in total. The number of hydrogen-bond acceptors (Lipinski definition) is 2. The molecule has 0 saturated heterocycles. The summed E-state index contributed by atoms with van der Waals surface area (Å²) >= 11 is 0. The van der Waals surface area contributed by atoms with Crippen LogP contribution in [0.1, 0.15) is 71.6 Å². The second-order valence-electron chi connectivity index (χ2n) is 6.74. The molecule has 0 aromatic rings. The van der Waals surface area contributed by atoms with Crippen molar-refractivity contribution < 1.29 is 4.74 Å². The zero-order valence-corrected chi connectivity index (χ0v) is 12.3. The fourth-order valence-corrected chi connectivity index (χ4v) is 3.43. The molecule has 2 fully saturated rings. The molecule has 2 heteroatoms. The normalized spacial score (nSPS) is 24.8. The van der Waals surface area contributed by atoms with E-state index in [-0.39, 0.29) is 5.60 Å². The van der Waals surface area contributed by atoms with Crippen molar-refractivity contribution in [2.75, 3.05) is 13.2 Å². The highest BCUT2D eigenvalue weighted by atomic mass is 16.5. The lowest BCUT2D eigenvalue weighted by Gasteiger charge is -2.33. The first-order valence-electron chi connectivity index (χ1n) is 8.08. The van der Waals surface area contributed by atoms with Gasteiger partial charge in [0.1, 0.15) is 0 Å². The van der Waals surface area contributed by atoms with E-state index >= 15 is 0 Å². The van der Waals surface area contributed by atoms with E-state index in [9.17, 15) is 0 Å². The maximum absolute atomic E-state index is 6.42. The Kier molecular flexibility index (Phi) is 5.50. The van der Waals surface area contributed by atoms with Crippen LogP contribution in [0.4, 0.5) is 0 Å². The standard InChI is InChI=1S/C16H31NO/c1-14(2)17-13-16(10-6-7-11-16)18-12-15-8-4-3-5-9-15/h14-15,17H,3-13H2,1-2H3. The Morgan fingerprint density at radius 2 is 1.72 bits per heavy atom. The van der Waals surface area contributed by atoms with Crippen molar-refractivity contribution in [3.8, 4) is 0 Å². The van der Waals surface area contributed by atoms with Crippen LogP contribution in [0.5, 0.6) is 0 Å². The Bertz CT molecular complexity index is 227. The molecule has 0 radical (unpaired) electrons. The van der Waals surface area contributed by atoms with Crippen molar-refractivity contribution in [1.29, 1.82) is 0 Å². The molecule has 0 atom stereocenters. The third-order valence-electron chi connectivity index (χ3n) is 4.70. The van der Waals surface area contributed by atoms with Gasteiger partial charge in [-0.3, -0.25) is 0 Å². The molecule has 0 aliphatic heterocycles. The summed E-state index contributed by atoms with van der Waals surface area (Å²) < 4.78 is 6.42. The maximum Gasteiger partial charge on any atom is 0.0806 e. The van der Waals surface area contributed by atoms with Gasteiger partial charge in [-0.2, -0.15) is 0 Å². The van der Waals surface area contributed by atoms with Crippen LogP contribution in [0.25, 0.3) is 0 Å². The van der Waals surface area contributed by atoms with Gasteiger partial charge in [-0.05, 0) is 31.6 Å². The van der Waals surface area contributed by atoms with E-state index in [2.05, 4.69) is 19.2 Å². The van der Waals surface area contributed by atoms with Crippen LogP contribution in [0.3, 0.4) is 0 Å². The van der Waals surface area contributed by atoms with Crippen LogP contribution in [-0.4, -0.2) is 24.8 Å². The monoisotopic (exact) mass is 253 g/mol. The van der Waals surface area contributed by atoms with E-state index in [1.54, 1.807) is 0 Å². The Morgan fingerprint density at radius 1 is 1.06 bits per heavy atom. The summed E-state index contributed by atoms with van der Waals surface area (Å²) in [6.07, 6.45) is 12.3. The number of ether oxygens (including phenoxy) is 1. The van der Waals surface area contributed by atoms with E-state index in [1.807, 2.05) is 0 Å². The van der Waals surface area contributed by atoms with Crippen molar-refractivity contribution in [2.24, 2.45) is 5.92 Å². The molecular weight excluding hydrogens is 222 g/mol. The van der Waals surface area contributed by atoms with Crippen LogP contribution in [0, 0.1) is 5.92 Å². The largest absolute Gasteiger partial charge is 0.373 e. The third-order valence-corrected chi connectivity index (χ3v) is 4.70. The predicted octanol–water partition coefficient (Wildman–Crippen LogP) is 3.89. The molecular formula is C16H31NO. The molecule has 2 aliphatic carbocycles. The first-order chi connectivity index (χ1) is 8.70. The highest BCUT2D eigenvalue weighted by Crippen LogP contribution is 2.34. The van der Waals surface area contributed by atoms with Crippen molar-refractivity contribution in [3.05, 3.63) is 0 Å². The Balaban J connectivity index is 1.77. The second kappa shape index (κ2) is 6.91. The molecule has 0 heterocycles. The molecule has 106 valence electrons. The minimum atomic E-state index is 0.168. The lowest BCUT2D eigenvalue weighted by Crippen LogP contribution is -2.44. The Labute approximate surface area is 113 Å². The van der Waals surface area contributed by atoms with Crippen LogP contribution in [0.15, 0.2) is 0 Å². The molecule has 18 heavy (non-hydrogen) atoms. The average Bonchev–Trinajstić information content (AvgIpc) is 2.85. The first kappa shape index (κ1) is 14.3. The van der Waals surface area contributed by atoms with Gasteiger partial charge >= 0.3 is 0 Å². The summed E-state index contributed by atoms with van der Waals surface area (Å²) in [5, 5.41) is 3.59. The van der Waals surface area contributed by atoms with Gasteiger partial charge < -0.3 is 10.1 Å². The predicted molar refractivity (Wildman–Crippen MR) is 76.9 cm³/mol. The molecule has 0 aromatic carbocycles. The molecule has 0 spiro atoms. The van der Waals surface area contributed by atoms with Gasteiger partial charge in [0, 0.05) is 12.6 Å². The van der Waals surface area contributed by atoms with Gasteiger partial charge in [0.05, 0.1) is 12.2 Å². The van der Waals surface area contributed by atoms with Crippen LogP contribution in [-0.2, 0) is 4.74 Å². The molecule has 0 unspecified atom stereocenters. The van der Waals surface area contributed by atoms with Crippen molar-refractivity contribution >= 4 is 0 Å². The number of rotatable bonds is 6. The fourth-order valence-electron chi connectivity index (χ4n) is 3.43. The van der Waals surface area contributed by atoms with E-state index in [4.69, 9.17) is 4.74 Å². The minimum Gasteiger partial charge on any atom is -0.373 e. The molecule has 0 aromatic heterocycles. The van der Waals surface area contributed by atoms with Crippen molar-refractivity contribution in [3.63, 3.8) is 0 Å². The number of nitrogens with one attached hydrogen (secondary N) is 1. The van der Waals surface area contributed by atoms with E-state index in [1.165, 1.54) is 57.8 Å². The maximum atomic E-state index is 6.42. The first-order valence-corrected chi connectivity index (χ1v) is 8.08. The summed E-state index contributed by atoms with van der Waals surface area (Å²) in [6, 6.07) is 0.570. The van der Waals surface area contributed by atoms with Crippen LogP contribution >= 0.6 is 0 Å². The smallest absolute Gasteiger partial charge is 0.0806 e. The molecule has 2 nitrogen and oxygen atoms in total. The average molecular weight is 253 g/mol. The molecule has 0 bridgehead atoms. The quantitative estimate of drug-likeness (QED) is 0.775. The number of hydrogen-bond donors (Lipinski definition) is 1. The van der Waals surface area contributed by atoms with Crippen molar-refractivity contribution in [1.82, 2.24) is 5.32 Å². The summed E-state index contributed by atoms with van der Waals surface area (Å²) in [4.78, 5) is 0. The summed E-state index contributed by atoms with van der Waals surface area (Å²) in [5.74, 6) is 0.843. The van der Waals surface area contributed by atoms with E-state index in [0.29, 0.717) is 6.04 Å². The van der Waals surface area contributed by atoms with E-state index in [0.717, 1.165) is 19.1 Å². The molecule has 2 rings (SSSR count). The molecule has 2 aliphatic rings. The van der Waals surface area contributed by atoms with Gasteiger partial charge in [0.25, 0.3) is 0 Å². The fraction of sp³-hybridized carbons (Fsp3) is 1.00. The molecule has 0 amide bonds. The van der Waals surface area contributed by atoms with Crippen molar-refractivity contribution in [2.45, 2.75) is 83.3 Å². The molecule has 2 saturated carbocycles. The van der Waals surface area contributed by atoms with E-state index < -0.39 is 0 Å². The summed E-state index contributed by atoms with van der Waals surface area (Å²) in [7, 11) is 0. The van der Waals surface area contributed by atoms with Gasteiger partial charge in [0.15, 0.2) is 0 Å². The van der Waals surface area contributed by atoms with Gasteiger partial charge in [-0.15, -0.1) is 0 Å². The highest BCUT2D eigenvalue weighted by Gasteiger charge is 2.35. The topological polar surface area (TPSA) is 21.3 Å². The van der Waals surface area contributed by atoms with Gasteiger partial charge in [-0.1, -0.05) is 46.0 Å². The van der Waals surface area contributed by atoms with Crippen LogP contribution in [0.2, 0.25) is 0 Å². The van der Waals surface area contributed by atoms with Crippen LogP contribution < -0.4 is 5.32 Å². The van der Waals surface area contributed by atoms with Gasteiger partial charge in [0.2, 0.25) is 0 Å². The third kappa shape index (κ3) is 4.24. The zero-order chi connectivity index (χ0) is 12.8. The Morgan fingerprint density at radius 3 is 2.33 bits per heavy atom. The second-order valence-corrected chi connectivity index (χ2v) is 6.74. The van der Waals surface area contributed by atoms with Gasteiger partial charge in [-0.25, -0.2) is 0 Å². The lowest BCUT2D eigenvalue weighted by molar-refractivity contribution is -0.0602. The SMILES string of the molecule is CC(C)NCC1(OCC2CCCCC2)CCCC1. The highest BCUT2D eigenvalue weighted by molar-refractivity contribution is 4.89. The minimum absolute atomic E-state index is 0.168. The Hall–Kier alpha value is -0.0800. The lowest BCUT2D eigenvalue weighted by atomic mass is 9.89.